The molecule has 5 aromatic rings. The van der Waals surface area contributed by atoms with Gasteiger partial charge in [0.05, 0.1) is 30.3 Å². The molecule has 3 aromatic heterocycles. The molecule has 196 valence electrons. The van der Waals surface area contributed by atoms with E-state index in [9.17, 15) is 10.0 Å². The van der Waals surface area contributed by atoms with E-state index in [0.29, 0.717) is 55.0 Å². The van der Waals surface area contributed by atoms with E-state index in [1.165, 1.54) is 24.3 Å². The molecule has 0 spiro atoms. The van der Waals surface area contributed by atoms with Crippen LogP contribution in [0.1, 0.15) is 35.6 Å². The van der Waals surface area contributed by atoms with E-state index >= 15 is 4.39 Å². The zero-order valence-electron chi connectivity index (χ0n) is 20.4. The largest absolute Gasteiger partial charge is 0.618 e. The highest BCUT2D eigenvalue weighted by Gasteiger charge is 2.41. The molecule has 0 bridgehead atoms. The van der Waals surface area contributed by atoms with Crippen LogP contribution in [0.3, 0.4) is 0 Å². The summed E-state index contributed by atoms with van der Waals surface area (Å²) in [5, 5.41) is 27.6. The second kappa shape index (κ2) is 9.80. The molecule has 2 unspecified atom stereocenters. The number of hydrogen-bond acceptors (Lipinski definition) is 7. The summed E-state index contributed by atoms with van der Waals surface area (Å²) in [5.74, 6) is -0.0773. The second-order valence-electron chi connectivity index (χ2n) is 8.94. The zero-order valence-corrected chi connectivity index (χ0v) is 21.1. The molecule has 0 saturated heterocycles. The van der Waals surface area contributed by atoms with Crippen molar-refractivity contribution in [3.63, 3.8) is 0 Å². The van der Waals surface area contributed by atoms with E-state index in [-0.39, 0.29) is 6.42 Å². The predicted octanol–water partition coefficient (Wildman–Crippen LogP) is 4.73. The van der Waals surface area contributed by atoms with Crippen molar-refractivity contribution >= 4 is 23.4 Å². The summed E-state index contributed by atoms with van der Waals surface area (Å²) in [6.07, 6.45) is 2.61. The molecule has 0 aliphatic heterocycles. The van der Waals surface area contributed by atoms with E-state index in [0.717, 1.165) is 5.56 Å². The lowest BCUT2D eigenvalue weighted by Crippen LogP contribution is -2.33. The lowest BCUT2D eigenvalue weighted by atomic mass is 10.0. The van der Waals surface area contributed by atoms with Gasteiger partial charge in [0.25, 0.3) is 0 Å². The van der Waals surface area contributed by atoms with Crippen LogP contribution in [0.5, 0.6) is 0 Å². The van der Waals surface area contributed by atoms with Crippen LogP contribution in [0.4, 0.5) is 14.9 Å². The van der Waals surface area contributed by atoms with E-state index in [1.54, 1.807) is 54.7 Å². The first kappa shape index (κ1) is 24.5. The maximum Gasteiger partial charge on any atom is 0.411 e. The number of nitrogens with one attached hydrogen (secondary N) is 2. The Morgan fingerprint density at radius 2 is 2.05 bits per heavy atom. The number of anilines is 1. The standard InChI is InChI=1S/C26H20ClFN8O3/c1-39-26(37)31-17-5-2-14(3-6-17)22-11-29-25(32-22)20-10-21(28)19-8-15(12-36(38)24(19)20)18-9-16(27)4-7-23(18)35-13-30-33-34-35/h2-9,11-13,20-21H,10H2,1H3,(H,29,32)(H,31,37). The molecular weight excluding hydrogens is 527 g/mol. The van der Waals surface area contributed by atoms with Gasteiger partial charge in [0, 0.05) is 28.3 Å². The minimum Gasteiger partial charge on any atom is -0.618 e. The van der Waals surface area contributed by atoms with Crippen LogP contribution in [-0.4, -0.2) is 43.4 Å². The Balaban J connectivity index is 1.33. The molecule has 0 fully saturated rings. The summed E-state index contributed by atoms with van der Waals surface area (Å²) >= 11 is 6.25. The first-order valence-corrected chi connectivity index (χ1v) is 12.2. The number of amides is 1. The van der Waals surface area contributed by atoms with Crippen molar-refractivity contribution in [1.82, 2.24) is 30.2 Å². The SMILES string of the molecule is COC(=O)Nc1ccc(-c2cnc(C3CC(F)c4cc(-c5cc(Cl)ccc5-n5cnnn5)c[n+]([O-])c43)[nH]2)cc1. The third kappa shape index (κ3) is 4.55. The van der Waals surface area contributed by atoms with E-state index in [1.807, 2.05) is 0 Å². The first-order chi connectivity index (χ1) is 18.9. The lowest BCUT2D eigenvalue weighted by molar-refractivity contribution is -0.614. The number of pyridine rings is 1. The Labute approximate surface area is 225 Å². The van der Waals surface area contributed by atoms with Crippen LogP contribution in [0.15, 0.2) is 67.3 Å². The van der Waals surface area contributed by atoms with Crippen molar-refractivity contribution in [3.05, 3.63) is 94.6 Å². The molecule has 1 aliphatic rings. The fraction of sp³-hybridized carbons (Fsp3) is 0.154. The Morgan fingerprint density at radius 3 is 2.79 bits per heavy atom. The topological polar surface area (TPSA) is 138 Å². The smallest absolute Gasteiger partial charge is 0.411 e. The predicted molar refractivity (Wildman–Crippen MR) is 139 cm³/mol. The summed E-state index contributed by atoms with van der Waals surface area (Å²) in [6, 6.07) is 13.8. The van der Waals surface area contributed by atoms with Gasteiger partial charge in [0.2, 0.25) is 5.69 Å². The number of H-pyrrole nitrogens is 1. The highest BCUT2D eigenvalue weighted by molar-refractivity contribution is 6.31. The molecule has 13 heteroatoms. The summed E-state index contributed by atoms with van der Waals surface area (Å²) in [6.45, 7) is 0. The van der Waals surface area contributed by atoms with E-state index < -0.39 is 18.2 Å². The number of benzene rings is 2. The number of ether oxygens (including phenoxy) is 1. The number of methoxy groups -OCH3 is 1. The lowest BCUT2D eigenvalue weighted by Gasteiger charge is -2.13. The number of hydrogen-bond donors (Lipinski definition) is 2. The third-order valence-electron chi connectivity index (χ3n) is 6.63. The number of rotatable bonds is 5. The number of alkyl halides is 1. The third-order valence-corrected chi connectivity index (χ3v) is 6.86. The van der Waals surface area contributed by atoms with Crippen LogP contribution < -0.4 is 10.0 Å². The van der Waals surface area contributed by atoms with Gasteiger partial charge in [-0.2, -0.15) is 9.41 Å². The minimum atomic E-state index is -1.36. The van der Waals surface area contributed by atoms with Gasteiger partial charge >= 0.3 is 6.09 Å². The summed E-state index contributed by atoms with van der Waals surface area (Å²) in [7, 11) is 1.29. The molecule has 1 amide bonds. The van der Waals surface area contributed by atoms with Gasteiger partial charge in [-0.1, -0.05) is 23.7 Å². The molecule has 2 N–H and O–H groups in total. The maximum atomic E-state index is 15.4. The van der Waals surface area contributed by atoms with Gasteiger partial charge in [0.1, 0.15) is 24.2 Å². The zero-order chi connectivity index (χ0) is 27.1. The normalized spacial score (nSPS) is 16.2. The summed E-state index contributed by atoms with van der Waals surface area (Å²) in [4.78, 5) is 19.1. The van der Waals surface area contributed by atoms with E-state index in [2.05, 4.69) is 35.5 Å². The Kier molecular flexibility index (Phi) is 6.15. The summed E-state index contributed by atoms with van der Waals surface area (Å²) in [5.41, 5.74) is 4.34. The van der Waals surface area contributed by atoms with Crippen molar-refractivity contribution in [1.29, 1.82) is 0 Å². The van der Waals surface area contributed by atoms with Gasteiger partial charge in [-0.3, -0.25) is 5.32 Å². The second-order valence-corrected chi connectivity index (χ2v) is 9.38. The highest BCUT2D eigenvalue weighted by Crippen LogP contribution is 2.45. The van der Waals surface area contributed by atoms with Crippen LogP contribution >= 0.6 is 11.6 Å². The molecular formula is C26H20ClFN8O3. The number of aromatic nitrogens is 7. The van der Waals surface area contributed by atoms with Crippen LogP contribution in [0.25, 0.3) is 28.1 Å². The van der Waals surface area contributed by atoms with Crippen LogP contribution in [-0.2, 0) is 4.74 Å². The van der Waals surface area contributed by atoms with Gasteiger partial charge in [-0.05, 0) is 52.4 Å². The molecule has 6 rings (SSSR count). The number of carbonyl (C=O) groups excluding carboxylic acids is 1. The Bertz CT molecular complexity index is 1670. The molecule has 11 nitrogen and oxygen atoms in total. The molecule has 2 atom stereocenters. The van der Waals surface area contributed by atoms with Gasteiger partial charge in [0.15, 0.2) is 6.20 Å². The van der Waals surface area contributed by atoms with Gasteiger partial charge in [-0.15, -0.1) is 5.10 Å². The molecule has 0 radical (unpaired) electrons. The average Bonchev–Trinajstić information content (AvgIpc) is 3.70. The maximum absolute atomic E-state index is 15.4. The van der Waals surface area contributed by atoms with Gasteiger partial charge in [-0.25, -0.2) is 14.2 Å². The van der Waals surface area contributed by atoms with Crippen molar-refractivity contribution in [2.75, 3.05) is 12.4 Å². The number of halogens is 2. The number of fused-ring (bicyclic) bond motifs is 1. The average molecular weight is 547 g/mol. The number of tetrazole rings is 1. The molecule has 2 aromatic carbocycles. The first-order valence-electron chi connectivity index (χ1n) is 11.9. The number of aromatic amines is 1. The fourth-order valence-corrected chi connectivity index (χ4v) is 4.99. The molecule has 39 heavy (non-hydrogen) atoms. The van der Waals surface area contributed by atoms with Gasteiger partial charge < -0.3 is 14.9 Å². The number of imidazole rings is 1. The molecule has 1 aliphatic carbocycles. The Hall–Kier alpha value is -4.84. The monoisotopic (exact) mass is 546 g/mol. The van der Waals surface area contributed by atoms with Crippen molar-refractivity contribution in [3.8, 4) is 28.1 Å². The summed E-state index contributed by atoms with van der Waals surface area (Å²) < 4.78 is 22.1. The van der Waals surface area contributed by atoms with Crippen LogP contribution in [0, 0.1) is 5.21 Å². The van der Waals surface area contributed by atoms with E-state index in [4.69, 9.17) is 11.6 Å². The minimum absolute atomic E-state index is 0.0748. The molecule has 3 heterocycles. The number of carbonyl (C=O) groups is 1. The van der Waals surface area contributed by atoms with Crippen LogP contribution in [0.2, 0.25) is 5.02 Å². The molecule has 0 saturated carbocycles. The highest BCUT2D eigenvalue weighted by atomic mass is 35.5. The quantitative estimate of drug-likeness (QED) is 0.240. The number of nitrogens with zero attached hydrogens (tertiary/aromatic N) is 6. The van der Waals surface area contributed by atoms with Crippen molar-refractivity contribution in [2.24, 2.45) is 0 Å². The Morgan fingerprint density at radius 1 is 1.23 bits per heavy atom. The fourth-order valence-electron chi connectivity index (χ4n) is 4.81. The van der Waals surface area contributed by atoms with Crippen molar-refractivity contribution in [2.45, 2.75) is 18.5 Å². The van der Waals surface area contributed by atoms with Crippen molar-refractivity contribution < 1.29 is 18.7 Å².